The quantitative estimate of drug-likeness (QED) is 0.467. The Kier molecular flexibility index (Phi) is 6.20. The predicted octanol–water partition coefficient (Wildman–Crippen LogP) is 1.27. The van der Waals surface area contributed by atoms with Crippen LogP contribution in [0.1, 0.15) is 18.7 Å². The van der Waals surface area contributed by atoms with Crippen LogP contribution in [-0.4, -0.2) is 61.1 Å². The van der Waals surface area contributed by atoms with Crippen molar-refractivity contribution in [2.45, 2.75) is 31.2 Å². The highest BCUT2D eigenvalue weighted by Gasteiger charge is 2.68. The number of amides is 2. The summed E-state index contributed by atoms with van der Waals surface area (Å²) in [5.74, 6) is -2.68. The molecule has 3 rings (SSSR count). The SMILES string of the molecule is CC(=O)SCC1=C(C(=O)O)N2C(=O)[C@@](NC(=O)Cc3cccs3)(C(C)=O)[C@H]2SC1. The molecule has 2 aliphatic heterocycles. The number of ketones is 1. The van der Waals surface area contributed by atoms with Gasteiger partial charge in [0.15, 0.2) is 10.9 Å². The number of carbonyl (C=O) groups excluding carboxylic acids is 4. The molecule has 11 heteroatoms. The molecule has 0 unspecified atom stereocenters. The Labute approximate surface area is 179 Å². The monoisotopic (exact) mass is 454 g/mol. The van der Waals surface area contributed by atoms with E-state index < -0.39 is 34.5 Å². The molecule has 0 radical (unpaired) electrons. The fourth-order valence-corrected chi connectivity index (χ4v) is 6.26. The molecule has 0 aliphatic carbocycles. The van der Waals surface area contributed by atoms with E-state index in [9.17, 15) is 29.1 Å². The maximum Gasteiger partial charge on any atom is 0.352 e. The van der Waals surface area contributed by atoms with E-state index in [0.717, 1.165) is 21.5 Å². The van der Waals surface area contributed by atoms with Crippen molar-refractivity contribution in [3.05, 3.63) is 33.7 Å². The van der Waals surface area contributed by atoms with Gasteiger partial charge in [0, 0.05) is 23.3 Å². The fraction of sp³-hybridized carbons (Fsp3) is 0.389. The molecule has 2 aliphatic rings. The van der Waals surface area contributed by atoms with Crippen LogP contribution in [0.15, 0.2) is 28.8 Å². The Balaban J connectivity index is 1.87. The minimum atomic E-state index is -1.78. The van der Waals surface area contributed by atoms with Gasteiger partial charge in [0.25, 0.3) is 5.91 Å². The van der Waals surface area contributed by atoms with Crippen LogP contribution in [0.4, 0.5) is 0 Å². The molecule has 0 aromatic carbocycles. The van der Waals surface area contributed by atoms with E-state index in [1.165, 1.54) is 36.9 Å². The lowest BCUT2D eigenvalue weighted by Gasteiger charge is -2.56. The molecule has 0 spiro atoms. The van der Waals surface area contributed by atoms with E-state index in [0.29, 0.717) is 5.57 Å². The van der Waals surface area contributed by atoms with Gasteiger partial charge in [-0.1, -0.05) is 17.8 Å². The largest absolute Gasteiger partial charge is 0.477 e. The van der Waals surface area contributed by atoms with Crippen LogP contribution in [0.3, 0.4) is 0 Å². The molecule has 0 saturated carbocycles. The molecule has 0 bridgehead atoms. The van der Waals surface area contributed by atoms with Gasteiger partial charge in [0.2, 0.25) is 11.4 Å². The van der Waals surface area contributed by atoms with Crippen molar-refractivity contribution in [2.24, 2.45) is 0 Å². The summed E-state index contributed by atoms with van der Waals surface area (Å²) >= 11 is 3.55. The van der Waals surface area contributed by atoms with Gasteiger partial charge in [-0.15, -0.1) is 23.1 Å². The van der Waals surface area contributed by atoms with Crippen molar-refractivity contribution in [3.8, 4) is 0 Å². The molecule has 8 nitrogen and oxygen atoms in total. The lowest BCUT2D eigenvalue weighted by molar-refractivity contribution is -0.163. The number of rotatable bonds is 7. The van der Waals surface area contributed by atoms with Gasteiger partial charge in [0.05, 0.1) is 6.42 Å². The second-order valence-corrected chi connectivity index (χ2v) is 9.80. The second kappa shape index (κ2) is 8.33. The lowest BCUT2D eigenvalue weighted by Crippen LogP contribution is -2.82. The predicted molar refractivity (Wildman–Crippen MR) is 110 cm³/mol. The van der Waals surface area contributed by atoms with Crippen molar-refractivity contribution in [3.63, 3.8) is 0 Å². The first-order chi connectivity index (χ1) is 13.7. The Bertz CT molecular complexity index is 926. The molecular formula is C18H18N2O6S3. The highest BCUT2D eigenvalue weighted by atomic mass is 32.2. The van der Waals surface area contributed by atoms with E-state index in [-0.39, 0.29) is 28.7 Å². The van der Waals surface area contributed by atoms with Gasteiger partial charge in [-0.3, -0.25) is 24.1 Å². The number of carboxylic acid groups (broad SMARTS) is 1. The number of fused-ring (bicyclic) bond motifs is 1. The number of carboxylic acids is 1. The van der Waals surface area contributed by atoms with Gasteiger partial charge < -0.3 is 10.4 Å². The molecule has 1 aromatic heterocycles. The van der Waals surface area contributed by atoms with E-state index in [4.69, 9.17) is 0 Å². The van der Waals surface area contributed by atoms with Crippen molar-refractivity contribution in [1.29, 1.82) is 0 Å². The molecule has 2 amide bonds. The first-order valence-electron chi connectivity index (χ1n) is 8.56. The highest BCUT2D eigenvalue weighted by molar-refractivity contribution is 8.13. The zero-order chi connectivity index (χ0) is 21.3. The first-order valence-corrected chi connectivity index (χ1v) is 11.5. The maximum absolute atomic E-state index is 13.0. The number of thiophene rings is 1. The van der Waals surface area contributed by atoms with Crippen molar-refractivity contribution < 1.29 is 29.1 Å². The number of Topliss-reactive ketones (excluding diaryl/α,β-unsaturated/α-hetero) is 1. The first kappa shape index (κ1) is 21.6. The van der Waals surface area contributed by atoms with Gasteiger partial charge in [-0.2, -0.15) is 0 Å². The number of nitrogens with one attached hydrogen (secondary N) is 1. The highest BCUT2D eigenvalue weighted by Crippen LogP contribution is 2.47. The molecule has 3 heterocycles. The summed E-state index contributed by atoms with van der Waals surface area (Å²) in [5, 5.41) is 13.0. The topological polar surface area (TPSA) is 121 Å². The van der Waals surface area contributed by atoms with Crippen molar-refractivity contribution >= 4 is 63.5 Å². The average Bonchev–Trinajstić information content (AvgIpc) is 3.15. The second-order valence-electron chi connectivity index (χ2n) is 6.54. The van der Waals surface area contributed by atoms with Gasteiger partial charge in [-0.25, -0.2) is 4.79 Å². The van der Waals surface area contributed by atoms with Crippen LogP contribution in [0, 0.1) is 0 Å². The third-order valence-electron chi connectivity index (χ3n) is 4.61. The summed E-state index contributed by atoms with van der Waals surface area (Å²) in [4.78, 5) is 62.9. The number of β-lactam (4-membered cyclic amide) rings is 1. The van der Waals surface area contributed by atoms with Crippen LogP contribution in [-0.2, 0) is 30.4 Å². The lowest BCUT2D eigenvalue weighted by atomic mass is 9.82. The van der Waals surface area contributed by atoms with Crippen LogP contribution in [0.25, 0.3) is 0 Å². The number of carbonyl (C=O) groups is 5. The van der Waals surface area contributed by atoms with E-state index in [1.807, 2.05) is 5.38 Å². The fourth-order valence-electron chi connectivity index (χ4n) is 3.28. The molecule has 29 heavy (non-hydrogen) atoms. The van der Waals surface area contributed by atoms with Gasteiger partial charge >= 0.3 is 5.97 Å². The summed E-state index contributed by atoms with van der Waals surface area (Å²) in [7, 11) is 0. The van der Waals surface area contributed by atoms with E-state index in [1.54, 1.807) is 12.1 Å². The smallest absolute Gasteiger partial charge is 0.352 e. The van der Waals surface area contributed by atoms with E-state index >= 15 is 0 Å². The zero-order valence-corrected chi connectivity index (χ0v) is 18.0. The summed E-state index contributed by atoms with van der Waals surface area (Å²) in [6.07, 6.45) is 0.0273. The van der Waals surface area contributed by atoms with Gasteiger partial charge in [0.1, 0.15) is 11.1 Å². The van der Waals surface area contributed by atoms with Crippen LogP contribution >= 0.6 is 34.9 Å². The summed E-state index contributed by atoms with van der Waals surface area (Å²) in [6.45, 7) is 2.59. The number of aliphatic carboxylic acids is 1. The molecule has 154 valence electrons. The zero-order valence-electron chi connectivity index (χ0n) is 15.6. The Morgan fingerprint density at radius 2 is 2.07 bits per heavy atom. The number of hydrogen-bond donors (Lipinski definition) is 2. The molecule has 1 aromatic rings. The molecule has 2 atom stereocenters. The molecule has 2 N–H and O–H groups in total. The molecule has 1 saturated heterocycles. The summed E-state index contributed by atoms with van der Waals surface area (Å²) in [5.41, 5.74) is -1.55. The van der Waals surface area contributed by atoms with Crippen LogP contribution in [0.5, 0.6) is 0 Å². The number of hydrogen-bond acceptors (Lipinski definition) is 8. The molecular weight excluding hydrogens is 436 g/mol. The standard InChI is InChI=1S/C18H18N2O6S3/c1-9(21)18(19-13(23)6-12-4-3-5-27-12)16(26)20-14(15(24)25)11(7-28-10(2)22)8-29-17(18)20/h3-5,17H,6-8H2,1-2H3,(H,19,23)(H,24,25)/t17-,18+/m1/s1. The number of thioether (sulfide) groups is 2. The normalized spacial score (nSPS) is 23.3. The van der Waals surface area contributed by atoms with E-state index in [2.05, 4.69) is 5.32 Å². The van der Waals surface area contributed by atoms with Crippen molar-refractivity contribution in [2.75, 3.05) is 11.5 Å². The van der Waals surface area contributed by atoms with Gasteiger partial charge in [-0.05, 0) is 23.9 Å². The Hall–Kier alpha value is -2.11. The summed E-state index contributed by atoms with van der Waals surface area (Å²) in [6, 6.07) is 3.57. The number of nitrogens with zero attached hydrogens (tertiary/aromatic N) is 1. The third-order valence-corrected chi connectivity index (χ3v) is 7.78. The van der Waals surface area contributed by atoms with Crippen LogP contribution in [0.2, 0.25) is 0 Å². The average molecular weight is 455 g/mol. The Morgan fingerprint density at radius 3 is 2.62 bits per heavy atom. The van der Waals surface area contributed by atoms with Crippen LogP contribution < -0.4 is 5.32 Å². The summed E-state index contributed by atoms with van der Waals surface area (Å²) < 4.78 is 0. The minimum Gasteiger partial charge on any atom is -0.477 e. The maximum atomic E-state index is 13.0. The van der Waals surface area contributed by atoms with Crippen molar-refractivity contribution in [1.82, 2.24) is 10.2 Å². The third kappa shape index (κ3) is 3.86. The minimum absolute atomic E-state index is 0.0273. The Morgan fingerprint density at radius 1 is 1.34 bits per heavy atom. The molecule has 1 fully saturated rings.